The van der Waals surface area contributed by atoms with E-state index in [4.69, 9.17) is 9.47 Å². The number of rotatable bonds is 5. The van der Waals surface area contributed by atoms with Gasteiger partial charge in [0.15, 0.2) is 0 Å². The summed E-state index contributed by atoms with van der Waals surface area (Å²) in [5.41, 5.74) is 0.869. The smallest absolute Gasteiger partial charge is 0.345 e. The summed E-state index contributed by atoms with van der Waals surface area (Å²) in [5, 5.41) is 11.1. The number of methoxy groups -OCH3 is 1. The van der Waals surface area contributed by atoms with Crippen molar-refractivity contribution < 1.29 is 19.2 Å². The Morgan fingerprint density at radius 1 is 1.30 bits per heavy atom. The summed E-state index contributed by atoms with van der Waals surface area (Å²) in [7, 11) is 1.55. The van der Waals surface area contributed by atoms with Crippen molar-refractivity contribution in [2.24, 2.45) is 0 Å². The van der Waals surface area contributed by atoms with Crippen molar-refractivity contribution in [3.8, 4) is 5.75 Å². The predicted octanol–water partition coefficient (Wildman–Crippen LogP) is 4.03. The Bertz CT molecular complexity index is 760. The zero-order valence-corrected chi connectivity index (χ0v) is 14.1. The van der Waals surface area contributed by atoms with Crippen LogP contribution < -0.4 is 4.74 Å². The molecular weight excluding hydrogens is 366 g/mol. The summed E-state index contributed by atoms with van der Waals surface area (Å²) in [6.45, 7) is 1.59. The van der Waals surface area contributed by atoms with Gasteiger partial charge in [-0.3, -0.25) is 10.1 Å². The van der Waals surface area contributed by atoms with E-state index in [-0.39, 0.29) is 17.9 Å². The average molecular weight is 380 g/mol. The van der Waals surface area contributed by atoms with Crippen LogP contribution in [0.5, 0.6) is 5.75 Å². The third-order valence-electron chi connectivity index (χ3n) is 3.23. The molecule has 0 radical (unpaired) electrons. The third-order valence-corrected chi connectivity index (χ3v) is 3.85. The third kappa shape index (κ3) is 3.87. The number of hydrogen-bond donors (Lipinski definition) is 0. The molecule has 2 aromatic carbocycles. The van der Waals surface area contributed by atoms with Crippen LogP contribution >= 0.6 is 15.9 Å². The number of halogens is 1. The minimum absolute atomic E-state index is 0.00647. The highest BCUT2D eigenvalue weighted by atomic mass is 79.9. The highest BCUT2D eigenvalue weighted by Gasteiger charge is 2.23. The topological polar surface area (TPSA) is 78.7 Å². The summed E-state index contributed by atoms with van der Waals surface area (Å²) in [5.74, 6) is -0.0678. The van der Waals surface area contributed by atoms with Crippen LogP contribution in [-0.4, -0.2) is 18.0 Å². The first-order chi connectivity index (χ1) is 10.9. The van der Waals surface area contributed by atoms with Crippen LogP contribution in [0.15, 0.2) is 40.9 Å². The van der Waals surface area contributed by atoms with E-state index < -0.39 is 10.9 Å². The monoisotopic (exact) mass is 379 g/mol. The van der Waals surface area contributed by atoms with Crippen LogP contribution in [-0.2, 0) is 11.3 Å². The van der Waals surface area contributed by atoms with Gasteiger partial charge in [-0.1, -0.05) is 18.2 Å². The Labute approximate surface area is 141 Å². The molecule has 0 unspecified atom stereocenters. The number of nitro groups is 1. The van der Waals surface area contributed by atoms with Gasteiger partial charge >= 0.3 is 5.97 Å². The summed E-state index contributed by atoms with van der Waals surface area (Å²) in [6.07, 6.45) is 0. The fraction of sp³-hybridized carbons (Fsp3) is 0.188. The largest absolute Gasteiger partial charge is 0.496 e. The first-order valence-electron chi connectivity index (χ1n) is 6.67. The molecule has 0 N–H and O–H groups in total. The van der Waals surface area contributed by atoms with Gasteiger partial charge in [0.2, 0.25) is 0 Å². The SMILES string of the molecule is COc1ccc(COC(=O)c2cccc(C)c2[N+](=O)[O-])cc1Br. The number of carbonyl (C=O) groups excluding carboxylic acids is 1. The standard InChI is InChI=1S/C16H14BrNO5/c1-10-4-3-5-12(15(10)18(20)21)16(19)23-9-11-6-7-14(22-2)13(17)8-11/h3-8H,9H2,1-2H3. The highest BCUT2D eigenvalue weighted by Crippen LogP contribution is 2.27. The van der Waals surface area contributed by atoms with E-state index in [0.29, 0.717) is 11.3 Å². The van der Waals surface area contributed by atoms with Crippen molar-refractivity contribution >= 4 is 27.6 Å². The lowest BCUT2D eigenvalue weighted by atomic mass is 10.1. The number of benzene rings is 2. The number of nitro benzene ring substituents is 1. The second-order valence-corrected chi connectivity index (χ2v) is 5.63. The Balaban J connectivity index is 2.16. The van der Waals surface area contributed by atoms with Crippen molar-refractivity contribution in [2.75, 3.05) is 7.11 Å². The molecule has 0 bridgehead atoms. The van der Waals surface area contributed by atoms with Crippen molar-refractivity contribution in [3.63, 3.8) is 0 Å². The summed E-state index contributed by atoms with van der Waals surface area (Å²) >= 11 is 3.34. The predicted molar refractivity (Wildman–Crippen MR) is 87.6 cm³/mol. The van der Waals surface area contributed by atoms with E-state index in [2.05, 4.69) is 15.9 Å². The van der Waals surface area contributed by atoms with Gasteiger partial charge in [0.1, 0.15) is 17.9 Å². The molecule has 0 aromatic heterocycles. The van der Waals surface area contributed by atoms with Crippen LogP contribution in [0.1, 0.15) is 21.5 Å². The van der Waals surface area contributed by atoms with Gasteiger partial charge in [0, 0.05) is 5.56 Å². The maximum absolute atomic E-state index is 12.1. The van der Waals surface area contributed by atoms with Gasteiger partial charge in [-0.15, -0.1) is 0 Å². The number of hydrogen-bond acceptors (Lipinski definition) is 5. The van der Waals surface area contributed by atoms with E-state index in [1.165, 1.54) is 6.07 Å². The Morgan fingerprint density at radius 3 is 2.65 bits per heavy atom. The molecule has 0 saturated heterocycles. The number of esters is 1. The molecule has 0 aliphatic rings. The first-order valence-corrected chi connectivity index (χ1v) is 7.47. The van der Waals surface area contributed by atoms with Crippen LogP contribution in [0.2, 0.25) is 0 Å². The number of carbonyl (C=O) groups is 1. The first kappa shape index (κ1) is 17.0. The van der Waals surface area contributed by atoms with Crippen LogP contribution in [0, 0.1) is 17.0 Å². The van der Waals surface area contributed by atoms with Crippen molar-refractivity contribution in [1.82, 2.24) is 0 Å². The number of aryl methyl sites for hydroxylation is 1. The van der Waals surface area contributed by atoms with Crippen LogP contribution in [0.3, 0.4) is 0 Å². The maximum atomic E-state index is 12.1. The Hall–Kier alpha value is -2.41. The second-order valence-electron chi connectivity index (χ2n) is 4.77. The maximum Gasteiger partial charge on any atom is 0.345 e. The number of nitrogens with zero attached hydrogens (tertiary/aromatic N) is 1. The Kier molecular flexibility index (Phi) is 5.33. The molecule has 0 amide bonds. The van der Waals surface area contributed by atoms with Gasteiger partial charge in [-0.25, -0.2) is 4.79 Å². The lowest BCUT2D eigenvalue weighted by Gasteiger charge is -2.08. The second kappa shape index (κ2) is 7.23. The lowest BCUT2D eigenvalue weighted by molar-refractivity contribution is -0.385. The molecule has 7 heteroatoms. The van der Waals surface area contributed by atoms with E-state index >= 15 is 0 Å². The molecule has 120 valence electrons. The molecule has 0 atom stereocenters. The van der Waals surface area contributed by atoms with E-state index in [0.717, 1.165) is 10.0 Å². The molecule has 0 heterocycles. The van der Waals surface area contributed by atoms with Gasteiger partial charge in [0.05, 0.1) is 16.5 Å². The minimum atomic E-state index is -0.729. The van der Waals surface area contributed by atoms with Crippen molar-refractivity contribution in [1.29, 1.82) is 0 Å². The quantitative estimate of drug-likeness (QED) is 0.445. The fourth-order valence-corrected chi connectivity index (χ4v) is 2.68. The van der Waals surface area contributed by atoms with E-state index in [1.807, 2.05) is 0 Å². The van der Waals surface area contributed by atoms with Crippen LogP contribution in [0.25, 0.3) is 0 Å². The zero-order chi connectivity index (χ0) is 17.0. The minimum Gasteiger partial charge on any atom is -0.496 e. The summed E-state index contributed by atoms with van der Waals surface area (Å²) in [6, 6.07) is 9.80. The molecule has 23 heavy (non-hydrogen) atoms. The molecule has 0 saturated carbocycles. The normalized spacial score (nSPS) is 10.2. The van der Waals surface area contributed by atoms with Gasteiger partial charge < -0.3 is 9.47 Å². The van der Waals surface area contributed by atoms with Crippen molar-refractivity contribution in [3.05, 3.63) is 67.7 Å². The molecule has 0 spiro atoms. The fourth-order valence-electron chi connectivity index (χ4n) is 2.09. The summed E-state index contributed by atoms with van der Waals surface area (Å²) < 4.78 is 11.0. The van der Waals surface area contributed by atoms with Gasteiger partial charge in [-0.05, 0) is 46.6 Å². The highest BCUT2D eigenvalue weighted by molar-refractivity contribution is 9.10. The average Bonchev–Trinajstić information content (AvgIpc) is 2.52. The molecular formula is C16H14BrNO5. The van der Waals surface area contributed by atoms with Crippen LogP contribution in [0.4, 0.5) is 5.69 Å². The molecule has 0 aliphatic carbocycles. The molecule has 0 fully saturated rings. The lowest BCUT2D eigenvalue weighted by Crippen LogP contribution is -2.09. The van der Waals surface area contributed by atoms with Gasteiger partial charge in [-0.2, -0.15) is 0 Å². The molecule has 2 rings (SSSR count). The number of para-hydroxylation sites is 1. The Morgan fingerprint density at radius 2 is 2.04 bits per heavy atom. The molecule has 2 aromatic rings. The number of ether oxygens (including phenoxy) is 2. The zero-order valence-electron chi connectivity index (χ0n) is 12.5. The van der Waals surface area contributed by atoms with E-state index in [1.54, 1.807) is 44.4 Å². The van der Waals surface area contributed by atoms with Crippen molar-refractivity contribution in [2.45, 2.75) is 13.5 Å². The molecule has 6 nitrogen and oxygen atoms in total. The van der Waals surface area contributed by atoms with Gasteiger partial charge in [0.25, 0.3) is 5.69 Å². The molecule has 0 aliphatic heterocycles. The summed E-state index contributed by atoms with van der Waals surface area (Å²) in [4.78, 5) is 22.7. The van der Waals surface area contributed by atoms with E-state index in [9.17, 15) is 14.9 Å².